The lowest BCUT2D eigenvalue weighted by Gasteiger charge is -2.29. The zero-order valence-corrected chi connectivity index (χ0v) is 21.6. The van der Waals surface area contributed by atoms with Crippen molar-refractivity contribution >= 4 is 18.2 Å². The number of hydrogen-bond acceptors (Lipinski definition) is 4. The number of carbonyl (C=O) groups is 1. The van der Waals surface area contributed by atoms with Crippen LogP contribution in [0.1, 0.15) is 82.8 Å². The quantitative estimate of drug-likeness (QED) is 0.599. The SMILES string of the molecule is CCCN(CC)CCC(C)N1C(=O)C(C)(C)C2=CCc3[nH]c4c(c3C=C21)CCC/C=C/N/N=C/4. The monoisotopic (exact) mass is 463 g/mol. The van der Waals surface area contributed by atoms with E-state index in [0.717, 1.165) is 69.6 Å². The van der Waals surface area contributed by atoms with Crippen molar-refractivity contribution in [3.63, 3.8) is 0 Å². The van der Waals surface area contributed by atoms with E-state index in [0.29, 0.717) is 0 Å². The largest absolute Gasteiger partial charge is 0.357 e. The predicted octanol–water partition coefficient (Wildman–Crippen LogP) is 4.99. The zero-order valence-electron chi connectivity index (χ0n) is 21.6. The van der Waals surface area contributed by atoms with Gasteiger partial charge in [0.2, 0.25) is 5.91 Å². The molecule has 3 aliphatic rings. The molecule has 1 aromatic heterocycles. The van der Waals surface area contributed by atoms with E-state index in [1.54, 1.807) is 0 Å². The third-order valence-corrected chi connectivity index (χ3v) is 7.56. The number of likely N-dealkylation sites (tertiary alicyclic amines) is 1. The maximum Gasteiger partial charge on any atom is 0.237 e. The molecule has 2 aliphatic heterocycles. The van der Waals surface area contributed by atoms with Gasteiger partial charge in [-0.3, -0.25) is 10.2 Å². The van der Waals surface area contributed by atoms with Crippen molar-refractivity contribution in [3.05, 3.63) is 52.1 Å². The number of fused-ring (bicyclic) bond motifs is 4. The molecule has 1 amide bonds. The lowest BCUT2D eigenvalue weighted by molar-refractivity contribution is -0.134. The smallest absolute Gasteiger partial charge is 0.237 e. The summed E-state index contributed by atoms with van der Waals surface area (Å²) < 4.78 is 0. The molecule has 1 saturated heterocycles. The van der Waals surface area contributed by atoms with Crippen LogP contribution in [0.25, 0.3) is 6.08 Å². The van der Waals surface area contributed by atoms with Crippen LogP contribution >= 0.6 is 0 Å². The molecular formula is C28H41N5O. The fraction of sp³-hybridized carbons (Fsp3) is 0.571. The Kier molecular flexibility index (Phi) is 7.46. The molecule has 1 aromatic rings. The number of amides is 1. The summed E-state index contributed by atoms with van der Waals surface area (Å²) in [4.78, 5) is 21.9. The van der Waals surface area contributed by atoms with Crippen LogP contribution in [0.5, 0.6) is 0 Å². The number of nitrogens with zero attached hydrogens (tertiary/aromatic N) is 3. The molecule has 3 heterocycles. The predicted molar refractivity (Wildman–Crippen MR) is 140 cm³/mol. The van der Waals surface area contributed by atoms with Gasteiger partial charge in [-0.15, -0.1) is 0 Å². The van der Waals surface area contributed by atoms with Crippen LogP contribution < -0.4 is 5.43 Å². The number of carbonyl (C=O) groups excluding carboxylic acids is 1. The van der Waals surface area contributed by atoms with E-state index in [2.05, 4.69) is 78.2 Å². The number of nitrogens with one attached hydrogen (secondary N) is 2. The number of rotatable bonds is 7. The normalized spacial score (nSPS) is 22.1. The Labute approximate surface area is 204 Å². The fourth-order valence-corrected chi connectivity index (χ4v) is 5.53. The average Bonchev–Trinajstić information content (AvgIpc) is 3.14. The van der Waals surface area contributed by atoms with Gasteiger partial charge in [-0.1, -0.05) is 26.0 Å². The molecule has 1 fully saturated rings. The Bertz CT molecular complexity index is 1030. The molecule has 0 radical (unpaired) electrons. The first kappa shape index (κ1) is 24.5. The van der Waals surface area contributed by atoms with Gasteiger partial charge in [0.1, 0.15) is 0 Å². The first-order valence-corrected chi connectivity index (χ1v) is 13.0. The third-order valence-electron chi connectivity index (χ3n) is 7.56. The summed E-state index contributed by atoms with van der Waals surface area (Å²) in [6.45, 7) is 14.0. The van der Waals surface area contributed by atoms with Crippen LogP contribution in [0.3, 0.4) is 0 Å². The van der Waals surface area contributed by atoms with Gasteiger partial charge in [0.05, 0.1) is 17.3 Å². The molecule has 0 saturated carbocycles. The van der Waals surface area contributed by atoms with Crippen LogP contribution in [0.15, 0.2) is 34.7 Å². The molecule has 6 heteroatoms. The molecule has 184 valence electrons. The summed E-state index contributed by atoms with van der Waals surface area (Å²) in [5.74, 6) is 0.224. The molecule has 1 aliphatic carbocycles. The minimum Gasteiger partial charge on any atom is -0.357 e. The number of allylic oxidation sites excluding steroid dienone is 3. The van der Waals surface area contributed by atoms with E-state index in [1.807, 2.05) is 12.4 Å². The molecule has 2 N–H and O–H groups in total. The van der Waals surface area contributed by atoms with Crippen LogP contribution in [0.2, 0.25) is 0 Å². The molecule has 0 aromatic carbocycles. The van der Waals surface area contributed by atoms with E-state index in [-0.39, 0.29) is 11.9 Å². The highest BCUT2D eigenvalue weighted by Gasteiger charge is 2.48. The van der Waals surface area contributed by atoms with E-state index in [9.17, 15) is 4.79 Å². The molecule has 1 atom stereocenters. The Balaban J connectivity index is 1.70. The summed E-state index contributed by atoms with van der Waals surface area (Å²) in [5.41, 5.74) is 9.59. The topological polar surface area (TPSA) is 63.7 Å². The fourth-order valence-electron chi connectivity index (χ4n) is 5.53. The Morgan fingerprint density at radius 3 is 2.85 bits per heavy atom. The minimum atomic E-state index is -0.503. The van der Waals surface area contributed by atoms with Crippen molar-refractivity contribution in [2.24, 2.45) is 10.5 Å². The Hall–Kier alpha value is -2.60. The highest BCUT2D eigenvalue weighted by molar-refractivity contribution is 5.96. The summed E-state index contributed by atoms with van der Waals surface area (Å²) in [6, 6.07) is 0.153. The van der Waals surface area contributed by atoms with Crippen molar-refractivity contribution in [3.8, 4) is 0 Å². The maximum absolute atomic E-state index is 13.7. The van der Waals surface area contributed by atoms with Gasteiger partial charge in [-0.25, -0.2) is 0 Å². The van der Waals surface area contributed by atoms with Gasteiger partial charge in [0.15, 0.2) is 0 Å². The van der Waals surface area contributed by atoms with Crippen molar-refractivity contribution in [2.45, 2.75) is 79.2 Å². The second-order valence-corrected chi connectivity index (χ2v) is 10.3. The standard InChI is InChI=1S/C28H41N5O/c1-6-16-32(7-2)17-14-20(3)33-26-18-22-21-11-9-8-10-15-29-30-19-25(21)31-24(22)13-12-23(26)28(4,5)27(33)34/h10,12,15,18-20,29,31H,6-9,11,13-14,16-17H2,1-5H3/b15-10+,30-19+. The van der Waals surface area contributed by atoms with Gasteiger partial charge < -0.3 is 14.8 Å². The van der Waals surface area contributed by atoms with Crippen molar-refractivity contribution in [2.75, 3.05) is 19.6 Å². The number of hydrogen-bond donors (Lipinski definition) is 2. The van der Waals surface area contributed by atoms with Gasteiger partial charge in [0, 0.05) is 42.2 Å². The summed E-state index contributed by atoms with van der Waals surface area (Å²) in [5, 5.41) is 4.35. The Morgan fingerprint density at radius 1 is 1.26 bits per heavy atom. The summed E-state index contributed by atoms with van der Waals surface area (Å²) in [6.07, 6.45) is 16.5. The number of aromatic amines is 1. The van der Waals surface area contributed by atoms with Crippen molar-refractivity contribution in [1.29, 1.82) is 0 Å². The van der Waals surface area contributed by atoms with E-state index in [4.69, 9.17) is 0 Å². The maximum atomic E-state index is 13.7. The van der Waals surface area contributed by atoms with E-state index < -0.39 is 5.41 Å². The first-order valence-electron chi connectivity index (χ1n) is 13.0. The minimum absolute atomic E-state index is 0.153. The van der Waals surface area contributed by atoms with Crippen LogP contribution in [0.4, 0.5) is 0 Å². The van der Waals surface area contributed by atoms with E-state index >= 15 is 0 Å². The molecule has 0 bridgehead atoms. The van der Waals surface area contributed by atoms with Gasteiger partial charge in [0.25, 0.3) is 0 Å². The lowest BCUT2D eigenvalue weighted by Crippen LogP contribution is -2.39. The lowest BCUT2D eigenvalue weighted by atomic mass is 9.85. The molecule has 1 unspecified atom stereocenters. The summed E-state index contributed by atoms with van der Waals surface area (Å²) >= 11 is 0. The van der Waals surface area contributed by atoms with Crippen molar-refractivity contribution < 1.29 is 4.79 Å². The second kappa shape index (κ2) is 10.3. The first-order chi connectivity index (χ1) is 16.4. The number of H-pyrrole nitrogens is 1. The van der Waals surface area contributed by atoms with Crippen molar-refractivity contribution in [1.82, 2.24) is 20.2 Å². The molecule has 34 heavy (non-hydrogen) atoms. The highest BCUT2D eigenvalue weighted by atomic mass is 16.2. The zero-order chi connectivity index (χ0) is 24.3. The molecular weight excluding hydrogens is 422 g/mol. The third kappa shape index (κ3) is 4.65. The van der Waals surface area contributed by atoms with Gasteiger partial charge in [-0.05, 0) is 83.2 Å². The number of aromatic nitrogens is 1. The van der Waals surface area contributed by atoms with E-state index in [1.165, 1.54) is 22.4 Å². The Morgan fingerprint density at radius 2 is 2.09 bits per heavy atom. The summed E-state index contributed by atoms with van der Waals surface area (Å²) in [7, 11) is 0. The van der Waals surface area contributed by atoms with Gasteiger partial charge >= 0.3 is 0 Å². The number of hydrazone groups is 1. The van der Waals surface area contributed by atoms with Crippen LogP contribution in [0, 0.1) is 5.41 Å². The molecule has 0 spiro atoms. The average molecular weight is 464 g/mol. The molecule has 4 rings (SSSR count). The van der Waals surface area contributed by atoms with Crippen LogP contribution in [-0.2, 0) is 17.6 Å². The second-order valence-electron chi connectivity index (χ2n) is 10.3. The molecule has 6 nitrogen and oxygen atoms in total. The highest BCUT2D eigenvalue weighted by Crippen LogP contribution is 2.47. The van der Waals surface area contributed by atoms with Crippen LogP contribution in [-0.4, -0.2) is 52.6 Å². The van der Waals surface area contributed by atoms with Gasteiger partial charge in [-0.2, -0.15) is 5.10 Å².